The molecule has 12 heavy (non-hydrogen) atoms. The average molecular weight is 178 g/mol. The number of fused-ring (bicyclic) bond motifs is 1. The van der Waals surface area contributed by atoms with Crippen LogP contribution in [0.3, 0.4) is 0 Å². The van der Waals surface area contributed by atoms with Gasteiger partial charge in [-0.3, -0.25) is 0 Å². The number of pyridine rings is 1. The average Bonchev–Trinajstić information content (AvgIpc) is 2.04. The number of aromatic nitrogens is 1. The Kier molecular flexibility index (Phi) is 1.74. The summed E-state index contributed by atoms with van der Waals surface area (Å²) in [6, 6.07) is 8.06. The number of nitrogens with zero attached hydrogens (tertiary/aromatic N) is 1. The highest BCUT2D eigenvalue weighted by atomic mass is 35.5. The summed E-state index contributed by atoms with van der Waals surface area (Å²) in [6.07, 6.45) is 1.73. The normalized spacial score (nSPS) is 10.5. The molecule has 1 aromatic heterocycles. The summed E-state index contributed by atoms with van der Waals surface area (Å²) < 4.78 is 0. The molecule has 1 aromatic carbocycles. The highest BCUT2D eigenvalue weighted by Gasteiger charge is 2.00. The standard InChI is InChI=1S/C10H8ClN/c1-7-3-2-4-8-5-6-12-10(11)9(7)8/h2-6H,1H3. The second kappa shape index (κ2) is 2.76. The first kappa shape index (κ1) is 7.56. The third-order valence-corrected chi connectivity index (χ3v) is 2.24. The summed E-state index contributed by atoms with van der Waals surface area (Å²) in [6.45, 7) is 2.04. The second-order valence-electron chi connectivity index (χ2n) is 2.77. The van der Waals surface area contributed by atoms with E-state index in [9.17, 15) is 0 Å². The summed E-state index contributed by atoms with van der Waals surface area (Å²) in [5, 5.41) is 2.79. The van der Waals surface area contributed by atoms with E-state index in [1.165, 1.54) is 5.56 Å². The van der Waals surface area contributed by atoms with Gasteiger partial charge in [0.25, 0.3) is 0 Å². The molecule has 0 N–H and O–H groups in total. The van der Waals surface area contributed by atoms with Crippen LogP contribution in [0.15, 0.2) is 30.5 Å². The van der Waals surface area contributed by atoms with E-state index in [0.29, 0.717) is 5.15 Å². The number of benzene rings is 1. The molecule has 0 amide bonds. The second-order valence-corrected chi connectivity index (χ2v) is 3.13. The van der Waals surface area contributed by atoms with Crippen molar-refractivity contribution in [3.05, 3.63) is 41.2 Å². The quantitative estimate of drug-likeness (QED) is 0.564. The SMILES string of the molecule is Cc1cccc2ccnc(Cl)c12. The van der Waals surface area contributed by atoms with Crippen LogP contribution in [0.1, 0.15) is 5.56 Å². The van der Waals surface area contributed by atoms with Gasteiger partial charge in [-0.25, -0.2) is 4.98 Å². The first-order valence-corrected chi connectivity index (χ1v) is 4.16. The van der Waals surface area contributed by atoms with Crippen LogP contribution in [0.2, 0.25) is 5.15 Å². The summed E-state index contributed by atoms with van der Waals surface area (Å²) in [5.41, 5.74) is 1.17. The molecule has 0 aliphatic carbocycles. The van der Waals surface area contributed by atoms with Gasteiger partial charge in [0, 0.05) is 11.6 Å². The Morgan fingerprint density at radius 2 is 2.08 bits per heavy atom. The van der Waals surface area contributed by atoms with Crippen molar-refractivity contribution in [3.63, 3.8) is 0 Å². The Bertz CT molecular complexity index is 386. The van der Waals surface area contributed by atoms with E-state index in [0.717, 1.165) is 10.8 Å². The Morgan fingerprint density at radius 1 is 1.25 bits per heavy atom. The lowest BCUT2D eigenvalue weighted by molar-refractivity contribution is 1.35. The van der Waals surface area contributed by atoms with Gasteiger partial charge in [0.2, 0.25) is 0 Å². The third kappa shape index (κ3) is 1.07. The Hall–Kier alpha value is -1.08. The fourth-order valence-corrected chi connectivity index (χ4v) is 1.67. The maximum Gasteiger partial charge on any atom is 0.137 e. The van der Waals surface area contributed by atoms with Crippen LogP contribution in [-0.4, -0.2) is 4.98 Å². The summed E-state index contributed by atoms with van der Waals surface area (Å²) in [5.74, 6) is 0. The fraction of sp³-hybridized carbons (Fsp3) is 0.100. The first-order chi connectivity index (χ1) is 5.79. The lowest BCUT2D eigenvalue weighted by Crippen LogP contribution is -1.81. The monoisotopic (exact) mass is 177 g/mol. The van der Waals surface area contributed by atoms with Crippen LogP contribution in [0.5, 0.6) is 0 Å². The van der Waals surface area contributed by atoms with Gasteiger partial charge in [0.15, 0.2) is 0 Å². The molecule has 0 unspecified atom stereocenters. The Labute approximate surface area is 76.0 Å². The van der Waals surface area contributed by atoms with Crippen molar-refractivity contribution in [2.75, 3.05) is 0 Å². The van der Waals surface area contributed by atoms with E-state index in [2.05, 4.69) is 4.98 Å². The van der Waals surface area contributed by atoms with Gasteiger partial charge in [-0.05, 0) is 23.9 Å². The number of halogens is 1. The number of aryl methyl sites for hydroxylation is 1. The number of hydrogen-bond donors (Lipinski definition) is 0. The van der Waals surface area contributed by atoms with Crippen molar-refractivity contribution in [3.8, 4) is 0 Å². The van der Waals surface area contributed by atoms with Gasteiger partial charge < -0.3 is 0 Å². The van der Waals surface area contributed by atoms with E-state index >= 15 is 0 Å². The molecule has 60 valence electrons. The minimum Gasteiger partial charge on any atom is -0.244 e. The van der Waals surface area contributed by atoms with Gasteiger partial charge in [-0.2, -0.15) is 0 Å². The zero-order chi connectivity index (χ0) is 8.55. The lowest BCUT2D eigenvalue weighted by Gasteiger charge is -2.01. The Morgan fingerprint density at radius 3 is 2.83 bits per heavy atom. The van der Waals surface area contributed by atoms with E-state index in [1.807, 2.05) is 31.2 Å². The van der Waals surface area contributed by atoms with Gasteiger partial charge in [0.1, 0.15) is 5.15 Å². The zero-order valence-corrected chi connectivity index (χ0v) is 7.47. The van der Waals surface area contributed by atoms with Crippen molar-refractivity contribution in [2.24, 2.45) is 0 Å². The molecular weight excluding hydrogens is 170 g/mol. The van der Waals surface area contributed by atoms with Crippen molar-refractivity contribution in [1.29, 1.82) is 0 Å². The third-order valence-electron chi connectivity index (χ3n) is 1.95. The van der Waals surface area contributed by atoms with Gasteiger partial charge in [0.05, 0.1) is 0 Å². The van der Waals surface area contributed by atoms with E-state index in [4.69, 9.17) is 11.6 Å². The molecule has 1 heterocycles. The lowest BCUT2D eigenvalue weighted by atomic mass is 10.1. The molecule has 0 aliphatic rings. The molecule has 0 radical (unpaired) electrons. The Balaban J connectivity index is 2.96. The summed E-state index contributed by atoms with van der Waals surface area (Å²) in [4.78, 5) is 4.03. The van der Waals surface area contributed by atoms with Crippen LogP contribution in [0.25, 0.3) is 10.8 Å². The van der Waals surface area contributed by atoms with Crippen LogP contribution in [0.4, 0.5) is 0 Å². The minimum atomic E-state index is 0.589. The molecule has 0 atom stereocenters. The smallest absolute Gasteiger partial charge is 0.137 e. The van der Waals surface area contributed by atoms with Gasteiger partial charge >= 0.3 is 0 Å². The zero-order valence-electron chi connectivity index (χ0n) is 6.71. The highest BCUT2D eigenvalue weighted by Crippen LogP contribution is 2.23. The highest BCUT2D eigenvalue weighted by molar-refractivity contribution is 6.34. The van der Waals surface area contributed by atoms with Gasteiger partial charge in [-0.1, -0.05) is 29.8 Å². The molecule has 2 aromatic rings. The molecule has 0 bridgehead atoms. The van der Waals surface area contributed by atoms with Crippen LogP contribution < -0.4 is 0 Å². The van der Waals surface area contributed by atoms with Crippen LogP contribution >= 0.6 is 11.6 Å². The molecule has 0 fully saturated rings. The van der Waals surface area contributed by atoms with E-state index in [-0.39, 0.29) is 0 Å². The van der Waals surface area contributed by atoms with Gasteiger partial charge in [-0.15, -0.1) is 0 Å². The van der Waals surface area contributed by atoms with Crippen molar-refractivity contribution >= 4 is 22.4 Å². The molecular formula is C10H8ClN. The molecule has 0 aliphatic heterocycles. The van der Waals surface area contributed by atoms with Crippen LogP contribution in [-0.2, 0) is 0 Å². The fourth-order valence-electron chi connectivity index (χ4n) is 1.36. The van der Waals surface area contributed by atoms with E-state index in [1.54, 1.807) is 6.20 Å². The molecule has 0 spiro atoms. The molecule has 2 heteroatoms. The van der Waals surface area contributed by atoms with Crippen molar-refractivity contribution < 1.29 is 0 Å². The first-order valence-electron chi connectivity index (χ1n) is 3.79. The number of rotatable bonds is 0. The summed E-state index contributed by atoms with van der Waals surface area (Å²) in [7, 11) is 0. The topological polar surface area (TPSA) is 12.9 Å². The predicted molar refractivity (Wildman–Crippen MR) is 51.5 cm³/mol. The molecule has 0 saturated carbocycles. The van der Waals surface area contributed by atoms with Crippen molar-refractivity contribution in [1.82, 2.24) is 4.98 Å². The maximum absolute atomic E-state index is 5.95. The van der Waals surface area contributed by atoms with Crippen LogP contribution in [0, 0.1) is 6.92 Å². The maximum atomic E-state index is 5.95. The largest absolute Gasteiger partial charge is 0.244 e. The predicted octanol–water partition coefficient (Wildman–Crippen LogP) is 3.20. The summed E-state index contributed by atoms with van der Waals surface area (Å²) >= 11 is 5.95. The van der Waals surface area contributed by atoms with E-state index < -0.39 is 0 Å². The van der Waals surface area contributed by atoms with Crippen molar-refractivity contribution in [2.45, 2.75) is 6.92 Å². The molecule has 0 saturated heterocycles. The molecule has 1 nitrogen and oxygen atoms in total. The number of hydrogen-bond acceptors (Lipinski definition) is 1. The molecule has 2 rings (SSSR count). The minimum absolute atomic E-state index is 0.589.